The Morgan fingerprint density at radius 1 is 1.15 bits per heavy atom. The van der Waals surface area contributed by atoms with Gasteiger partial charge in [0.1, 0.15) is 6.04 Å². The van der Waals surface area contributed by atoms with Gasteiger partial charge in [-0.1, -0.05) is 47.5 Å². The highest BCUT2D eigenvalue weighted by Gasteiger charge is 2.20. The summed E-state index contributed by atoms with van der Waals surface area (Å²) in [5.74, 6) is -0.677. The van der Waals surface area contributed by atoms with Crippen molar-refractivity contribution in [2.45, 2.75) is 73.0 Å². The van der Waals surface area contributed by atoms with E-state index in [-0.39, 0.29) is 32.8 Å². The Morgan fingerprint density at radius 2 is 1.71 bits per heavy atom. The fraction of sp³-hybridized carbons (Fsp3) is 0.818. The van der Waals surface area contributed by atoms with E-state index in [0.29, 0.717) is 6.41 Å². The van der Waals surface area contributed by atoms with E-state index in [9.17, 15) is 19.2 Å². The van der Waals surface area contributed by atoms with E-state index >= 15 is 0 Å². The van der Waals surface area contributed by atoms with Crippen molar-refractivity contribution in [3.63, 3.8) is 0 Å². The normalized spacial score (nSPS) is 10.7. The van der Waals surface area contributed by atoms with Gasteiger partial charge in [0.05, 0.1) is 38.5 Å². The number of rotatable bonds is 14. The number of nitrogens with one attached hydrogen (secondary N) is 3. The number of aliphatic hydroxyl groups excluding tert-OH is 2. The Morgan fingerprint density at radius 3 is 2.00 bits per heavy atom. The zero-order chi connectivity index (χ0) is 27.6. The summed E-state index contributed by atoms with van der Waals surface area (Å²) in [6.07, 6.45) is 3.13. The van der Waals surface area contributed by atoms with Gasteiger partial charge >= 0.3 is 0 Å². The first kappa shape index (κ1) is 39.0. The minimum atomic E-state index is -1.03. The van der Waals surface area contributed by atoms with Gasteiger partial charge < -0.3 is 42.4 Å². The maximum Gasteiger partial charge on any atom is 0.245 e. The average Bonchev–Trinajstić information content (AvgIpc) is 2.80. The highest BCUT2D eigenvalue weighted by molar-refractivity contribution is 5.88. The number of carbonyl (C=O) groups is 4. The first-order chi connectivity index (χ1) is 15.9. The summed E-state index contributed by atoms with van der Waals surface area (Å²) in [6.45, 7) is 13.6. The second-order valence-electron chi connectivity index (χ2n) is 7.71. The summed E-state index contributed by atoms with van der Waals surface area (Å²) in [7, 11) is 0. The van der Waals surface area contributed by atoms with Crippen LogP contribution in [0.5, 0.6) is 0 Å². The second kappa shape index (κ2) is 27.0. The predicted molar refractivity (Wildman–Crippen MR) is 133 cm³/mol. The van der Waals surface area contributed by atoms with Crippen LogP contribution in [0, 0.1) is 5.92 Å². The molecule has 0 saturated carbocycles. The van der Waals surface area contributed by atoms with Crippen LogP contribution in [0.25, 0.3) is 0 Å². The van der Waals surface area contributed by atoms with Crippen molar-refractivity contribution in [3.8, 4) is 0 Å². The molecule has 9 N–H and O–H groups in total. The molecule has 12 nitrogen and oxygen atoms in total. The highest BCUT2D eigenvalue weighted by atomic mass is 16.5. The first-order valence-electron chi connectivity index (χ1n) is 11.5. The zero-order valence-corrected chi connectivity index (χ0v) is 22.0. The van der Waals surface area contributed by atoms with Crippen molar-refractivity contribution in [2.24, 2.45) is 17.4 Å². The number of ether oxygens (including phenoxy) is 1. The molecule has 0 spiro atoms. The van der Waals surface area contributed by atoms with E-state index in [1.54, 1.807) is 13.8 Å². The molecule has 0 aromatic heterocycles. The Hall–Kier alpha value is -2.28. The van der Waals surface area contributed by atoms with Crippen molar-refractivity contribution < 1.29 is 34.1 Å². The van der Waals surface area contributed by atoms with Crippen molar-refractivity contribution in [1.29, 1.82) is 0 Å². The monoisotopic (exact) mass is 495 g/mol. The first-order valence-corrected chi connectivity index (χ1v) is 11.5. The summed E-state index contributed by atoms with van der Waals surface area (Å²) in [5.41, 5.74) is 9.04. The molecule has 0 aromatic carbocycles. The number of nitrogens with two attached hydrogens (primary N) is 2. The van der Waals surface area contributed by atoms with Crippen LogP contribution in [0.2, 0.25) is 0 Å². The molecule has 0 saturated heterocycles. The topological polar surface area (TPSA) is 206 Å². The van der Waals surface area contributed by atoms with E-state index in [4.69, 9.17) is 20.7 Å². The number of hydrogen-bond acceptors (Lipinski definition) is 8. The quantitative estimate of drug-likeness (QED) is 0.117. The average molecular weight is 496 g/mol. The third-order valence-electron chi connectivity index (χ3n) is 3.52. The molecule has 0 fully saturated rings. The fourth-order valence-corrected chi connectivity index (χ4v) is 1.84. The van der Waals surface area contributed by atoms with Gasteiger partial charge in [-0.25, -0.2) is 0 Å². The maximum absolute atomic E-state index is 11.6. The van der Waals surface area contributed by atoms with Gasteiger partial charge in [-0.2, -0.15) is 0 Å². The molecule has 12 heteroatoms. The number of carbonyl (C=O) groups excluding carboxylic acids is 4. The maximum atomic E-state index is 11.6. The van der Waals surface area contributed by atoms with E-state index in [2.05, 4.69) is 42.5 Å². The number of hydrogen-bond donors (Lipinski definition) is 7. The molecule has 0 aliphatic carbocycles. The van der Waals surface area contributed by atoms with E-state index in [1.807, 2.05) is 13.8 Å². The minimum Gasteiger partial charge on any atom is -0.394 e. The fourth-order valence-electron chi connectivity index (χ4n) is 1.84. The lowest BCUT2D eigenvalue weighted by atomic mass is 10.1. The van der Waals surface area contributed by atoms with Crippen molar-refractivity contribution in [2.75, 3.05) is 39.5 Å². The van der Waals surface area contributed by atoms with E-state index in [0.717, 1.165) is 5.92 Å². The van der Waals surface area contributed by atoms with Crippen molar-refractivity contribution in [3.05, 3.63) is 0 Å². The molecular weight excluding hydrogens is 446 g/mol. The molecule has 0 radical (unpaired) electrons. The number of amides is 4. The summed E-state index contributed by atoms with van der Waals surface area (Å²) in [5, 5.41) is 24.8. The number of primary amides is 1. The summed E-state index contributed by atoms with van der Waals surface area (Å²) in [6, 6.07) is -1.03. The largest absolute Gasteiger partial charge is 0.394 e. The van der Waals surface area contributed by atoms with Crippen molar-refractivity contribution >= 4 is 24.1 Å². The molecule has 1 atom stereocenters. The van der Waals surface area contributed by atoms with Gasteiger partial charge in [-0.05, 0) is 19.8 Å². The lowest BCUT2D eigenvalue weighted by Crippen LogP contribution is -2.51. The third-order valence-corrected chi connectivity index (χ3v) is 3.52. The van der Waals surface area contributed by atoms with Gasteiger partial charge in [0.2, 0.25) is 24.1 Å². The SMILES string of the molecule is CC.CC(C)(CO)OCCNC(=O)C(CO)NC(=O)CN.CCCC(C)C.NC(=O)CNC=O. The van der Waals surface area contributed by atoms with Gasteiger partial charge in [-0.3, -0.25) is 19.2 Å². The highest BCUT2D eigenvalue weighted by Crippen LogP contribution is 2.06. The molecule has 0 aromatic rings. The molecule has 4 amide bonds. The lowest BCUT2D eigenvalue weighted by Gasteiger charge is -2.23. The minimum absolute atomic E-state index is 0.0799. The van der Waals surface area contributed by atoms with Crippen LogP contribution >= 0.6 is 0 Å². The molecule has 0 heterocycles. The van der Waals surface area contributed by atoms with Crippen LogP contribution in [0.4, 0.5) is 0 Å². The van der Waals surface area contributed by atoms with Crippen LogP contribution in [0.3, 0.4) is 0 Å². The Labute approximate surface area is 204 Å². The van der Waals surface area contributed by atoms with E-state index < -0.39 is 36.0 Å². The van der Waals surface area contributed by atoms with Gasteiger partial charge in [-0.15, -0.1) is 0 Å². The number of aliphatic hydroxyl groups is 2. The van der Waals surface area contributed by atoms with Crippen LogP contribution in [-0.4, -0.2) is 85.4 Å². The molecular formula is C22H49N5O7. The molecule has 0 bridgehead atoms. The Bertz CT molecular complexity index is 518. The van der Waals surface area contributed by atoms with E-state index in [1.165, 1.54) is 12.8 Å². The third kappa shape index (κ3) is 31.9. The Balaban J connectivity index is -0.000000245. The molecule has 0 aliphatic heterocycles. The van der Waals surface area contributed by atoms with Crippen LogP contribution < -0.4 is 27.4 Å². The molecule has 1 unspecified atom stereocenters. The summed E-state index contributed by atoms with van der Waals surface area (Å²) >= 11 is 0. The predicted octanol–water partition coefficient (Wildman–Crippen LogP) is -0.988. The molecule has 0 aliphatic rings. The smallest absolute Gasteiger partial charge is 0.245 e. The van der Waals surface area contributed by atoms with Crippen LogP contribution in [-0.2, 0) is 23.9 Å². The second-order valence-corrected chi connectivity index (χ2v) is 7.71. The summed E-state index contributed by atoms with van der Waals surface area (Å²) in [4.78, 5) is 41.7. The standard InChI is InChI=1S/C11H23N3O5.C6H14.C3H6N2O2.C2H6/c1-11(2,7-16)19-4-3-13-10(18)8(6-15)14-9(17)5-12;1-4-5-6(2)3;4-3(7)1-5-2-6;1-2/h8,15-16H,3-7,12H2,1-2H3,(H,13,18)(H,14,17);6H,4-5H2,1-3H3;2H,1H2,(H2,4,7)(H,5,6);1-2H3. The van der Waals surface area contributed by atoms with Crippen LogP contribution in [0.1, 0.15) is 61.3 Å². The van der Waals surface area contributed by atoms with Crippen molar-refractivity contribution in [1.82, 2.24) is 16.0 Å². The van der Waals surface area contributed by atoms with Crippen LogP contribution in [0.15, 0.2) is 0 Å². The molecule has 34 heavy (non-hydrogen) atoms. The van der Waals surface area contributed by atoms with Gasteiger partial charge in [0.25, 0.3) is 0 Å². The molecule has 204 valence electrons. The Kier molecular flexibility index (Phi) is 30.9. The zero-order valence-electron chi connectivity index (χ0n) is 22.0. The van der Waals surface area contributed by atoms with Gasteiger partial charge in [0, 0.05) is 6.54 Å². The lowest BCUT2D eigenvalue weighted by molar-refractivity contribution is -0.129. The summed E-state index contributed by atoms with van der Waals surface area (Å²) < 4.78 is 5.31. The molecule has 0 rings (SSSR count). The van der Waals surface area contributed by atoms with Gasteiger partial charge in [0.15, 0.2) is 0 Å².